The number of carbonyl (C=O) groups is 1. The number of nitrogens with zero attached hydrogens (tertiary/aromatic N) is 3. The SMILES string of the molecule is CCN(c1ncncc1C(=O)OC)C1CCCCC1. The van der Waals surface area contributed by atoms with Crippen LogP contribution in [0, 0.1) is 0 Å². The lowest BCUT2D eigenvalue weighted by atomic mass is 9.94. The first-order valence-corrected chi connectivity index (χ1v) is 6.93. The van der Waals surface area contributed by atoms with E-state index >= 15 is 0 Å². The predicted molar refractivity (Wildman–Crippen MR) is 73.3 cm³/mol. The summed E-state index contributed by atoms with van der Waals surface area (Å²) in [6.07, 6.45) is 9.17. The lowest BCUT2D eigenvalue weighted by Gasteiger charge is -2.35. The van der Waals surface area contributed by atoms with Gasteiger partial charge in [0.05, 0.1) is 7.11 Å². The highest BCUT2D eigenvalue weighted by molar-refractivity contribution is 5.94. The van der Waals surface area contributed by atoms with Crippen molar-refractivity contribution in [1.29, 1.82) is 0 Å². The molecule has 0 N–H and O–H groups in total. The van der Waals surface area contributed by atoms with Crippen molar-refractivity contribution in [2.75, 3.05) is 18.6 Å². The molecule has 5 nitrogen and oxygen atoms in total. The molecule has 0 aliphatic heterocycles. The first-order chi connectivity index (χ1) is 9.27. The van der Waals surface area contributed by atoms with Crippen molar-refractivity contribution >= 4 is 11.8 Å². The van der Waals surface area contributed by atoms with Crippen molar-refractivity contribution in [2.45, 2.75) is 45.1 Å². The van der Waals surface area contributed by atoms with Gasteiger partial charge in [-0.2, -0.15) is 0 Å². The normalized spacial score (nSPS) is 16.1. The van der Waals surface area contributed by atoms with Gasteiger partial charge in [0.1, 0.15) is 17.7 Å². The van der Waals surface area contributed by atoms with Crippen molar-refractivity contribution in [2.24, 2.45) is 0 Å². The maximum Gasteiger partial charge on any atom is 0.343 e. The third-order valence-electron chi connectivity index (χ3n) is 3.72. The van der Waals surface area contributed by atoms with Gasteiger partial charge < -0.3 is 9.64 Å². The molecule has 0 radical (unpaired) electrons. The van der Waals surface area contributed by atoms with Crippen molar-refractivity contribution < 1.29 is 9.53 Å². The second kappa shape index (κ2) is 6.50. The molecular weight excluding hydrogens is 242 g/mol. The van der Waals surface area contributed by atoms with Gasteiger partial charge in [0.25, 0.3) is 0 Å². The number of esters is 1. The fraction of sp³-hybridized carbons (Fsp3) is 0.643. The minimum atomic E-state index is -0.371. The van der Waals surface area contributed by atoms with E-state index in [0.29, 0.717) is 17.4 Å². The van der Waals surface area contributed by atoms with Gasteiger partial charge in [0, 0.05) is 18.8 Å². The molecule has 0 bridgehead atoms. The zero-order valence-corrected chi connectivity index (χ0v) is 11.6. The van der Waals surface area contributed by atoms with Crippen LogP contribution in [-0.2, 0) is 4.74 Å². The molecule has 0 atom stereocenters. The number of carbonyl (C=O) groups excluding carboxylic acids is 1. The number of rotatable bonds is 4. The van der Waals surface area contributed by atoms with Crippen molar-refractivity contribution in [3.05, 3.63) is 18.1 Å². The summed E-state index contributed by atoms with van der Waals surface area (Å²) in [5, 5.41) is 0. The van der Waals surface area contributed by atoms with E-state index in [0.717, 1.165) is 6.54 Å². The molecule has 1 fully saturated rings. The molecule has 1 aliphatic carbocycles. The quantitative estimate of drug-likeness (QED) is 0.781. The van der Waals surface area contributed by atoms with Gasteiger partial charge in [-0.1, -0.05) is 19.3 Å². The van der Waals surface area contributed by atoms with E-state index < -0.39 is 0 Å². The minimum Gasteiger partial charge on any atom is -0.465 e. The molecule has 19 heavy (non-hydrogen) atoms. The van der Waals surface area contributed by atoms with Crippen LogP contribution >= 0.6 is 0 Å². The summed E-state index contributed by atoms with van der Waals surface area (Å²) in [7, 11) is 1.38. The summed E-state index contributed by atoms with van der Waals surface area (Å²) in [5.41, 5.74) is 0.456. The van der Waals surface area contributed by atoms with E-state index in [1.807, 2.05) is 0 Å². The van der Waals surface area contributed by atoms with E-state index in [1.165, 1.54) is 45.5 Å². The summed E-state index contributed by atoms with van der Waals surface area (Å²) in [6, 6.07) is 0.469. The van der Waals surface area contributed by atoms with Crippen molar-refractivity contribution in [3.63, 3.8) is 0 Å². The summed E-state index contributed by atoms with van der Waals surface area (Å²) in [6.45, 7) is 2.93. The molecule has 1 aromatic rings. The first kappa shape index (κ1) is 13.8. The highest BCUT2D eigenvalue weighted by Crippen LogP contribution is 2.27. The Bertz CT molecular complexity index is 430. The van der Waals surface area contributed by atoms with Gasteiger partial charge in [0.15, 0.2) is 0 Å². The number of aromatic nitrogens is 2. The number of methoxy groups -OCH3 is 1. The van der Waals surface area contributed by atoms with Gasteiger partial charge in [-0.05, 0) is 19.8 Å². The molecule has 0 amide bonds. The van der Waals surface area contributed by atoms with Crippen LogP contribution in [0.2, 0.25) is 0 Å². The van der Waals surface area contributed by atoms with Crippen LogP contribution in [0.15, 0.2) is 12.5 Å². The van der Waals surface area contributed by atoms with Gasteiger partial charge in [0.2, 0.25) is 0 Å². The maximum atomic E-state index is 11.8. The highest BCUT2D eigenvalue weighted by atomic mass is 16.5. The molecule has 2 rings (SSSR count). The molecule has 104 valence electrons. The average molecular weight is 263 g/mol. The Balaban J connectivity index is 2.29. The van der Waals surface area contributed by atoms with E-state index in [-0.39, 0.29) is 5.97 Å². The lowest BCUT2D eigenvalue weighted by Crippen LogP contribution is -2.38. The maximum absolute atomic E-state index is 11.8. The molecule has 1 aliphatic rings. The Labute approximate surface area is 114 Å². The molecule has 1 heterocycles. The Kier molecular flexibility index (Phi) is 4.71. The van der Waals surface area contributed by atoms with Crippen LogP contribution in [0.5, 0.6) is 0 Å². The Morgan fingerprint density at radius 2 is 2.16 bits per heavy atom. The van der Waals surface area contributed by atoms with Gasteiger partial charge >= 0.3 is 5.97 Å². The number of ether oxygens (including phenoxy) is 1. The van der Waals surface area contributed by atoms with Crippen LogP contribution in [0.4, 0.5) is 5.82 Å². The fourth-order valence-corrected chi connectivity index (χ4v) is 2.78. The van der Waals surface area contributed by atoms with Crippen LogP contribution in [0.1, 0.15) is 49.4 Å². The lowest BCUT2D eigenvalue weighted by molar-refractivity contribution is 0.0600. The molecule has 1 aromatic heterocycles. The van der Waals surface area contributed by atoms with Crippen LogP contribution in [-0.4, -0.2) is 35.6 Å². The molecule has 5 heteroatoms. The molecule has 0 unspecified atom stereocenters. The zero-order chi connectivity index (χ0) is 13.7. The Morgan fingerprint density at radius 3 is 2.79 bits per heavy atom. The second-order valence-electron chi connectivity index (χ2n) is 4.83. The van der Waals surface area contributed by atoms with E-state index in [1.54, 1.807) is 6.20 Å². The number of hydrogen-bond acceptors (Lipinski definition) is 5. The van der Waals surface area contributed by atoms with Crippen LogP contribution in [0.3, 0.4) is 0 Å². The Hall–Kier alpha value is -1.65. The monoisotopic (exact) mass is 263 g/mol. The molecule has 0 spiro atoms. The van der Waals surface area contributed by atoms with Gasteiger partial charge in [-0.25, -0.2) is 14.8 Å². The predicted octanol–water partition coefficient (Wildman–Crippen LogP) is 2.42. The van der Waals surface area contributed by atoms with Crippen molar-refractivity contribution in [3.8, 4) is 0 Å². The number of anilines is 1. The smallest absolute Gasteiger partial charge is 0.343 e. The molecule has 0 saturated heterocycles. The summed E-state index contributed by atoms with van der Waals surface area (Å²) in [5.74, 6) is 0.334. The van der Waals surface area contributed by atoms with Gasteiger partial charge in [-0.3, -0.25) is 0 Å². The van der Waals surface area contributed by atoms with Crippen molar-refractivity contribution in [1.82, 2.24) is 9.97 Å². The minimum absolute atomic E-state index is 0.371. The number of hydrogen-bond donors (Lipinski definition) is 0. The van der Waals surface area contributed by atoms with Crippen LogP contribution in [0.25, 0.3) is 0 Å². The third-order valence-corrected chi connectivity index (χ3v) is 3.72. The van der Waals surface area contributed by atoms with E-state index in [9.17, 15) is 4.79 Å². The zero-order valence-electron chi connectivity index (χ0n) is 11.6. The molecular formula is C14H21N3O2. The summed E-state index contributed by atoms with van der Waals surface area (Å²) in [4.78, 5) is 22.3. The van der Waals surface area contributed by atoms with E-state index in [2.05, 4.69) is 21.8 Å². The average Bonchev–Trinajstić information content (AvgIpc) is 2.49. The topological polar surface area (TPSA) is 55.3 Å². The molecule has 0 aromatic carbocycles. The van der Waals surface area contributed by atoms with Gasteiger partial charge in [-0.15, -0.1) is 0 Å². The summed E-state index contributed by atoms with van der Waals surface area (Å²) < 4.78 is 4.81. The fourth-order valence-electron chi connectivity index (χ4n) is 2.78. The summed E-state index contributed by atoms with van der Waals surface area (Å²) >= 11 is 0. The standard InChI is InChI=1S/C14H21N3O2/c1-3-17(11-7-5-4-6-8-11)13-12(14(18)19-2)9-15-10-16-13/h9-11H,3-8H2,1-2H3. The largest absolute Gasteiger partial charge is 0.465 e. The van der Waals surface area contributed by atoms with Crippen LogP contribution < -0.4 is 4.90 Å². The molecule has 1 saturated carbocycles. The first-order valence-electron chi connectivity index (χ1n) is 6.93. The highest BCUT2D eigenvalue weighted by Gasteiger charge is 2.25. The van der Waals surface area contributed by atoms with E-state index in [4.69, 9.17) is 4.74 Å². The Morgan fingerprint density at radius 1 is 1.42 bits per heavy atom. The second-order valence-corrected chi connectivity index (χ2v) is 4.83. The third kappa shape index (κ3) is 3.03.